The summed E-state index contributed by atoms with van der Waals surface area (Å²) in [5.74, 6) is 2.35. The molecule has 0 atom stereocenters. The van der Waals surface area contributed by atoms with Gasteiger partial charge in [-0.15, -0.1) is 10.2 Å². The Kier molecular flexibility index (Phi) is 5.30. The van der Waals surface area contributed by atoms with Gasteiger partial charge in [0, 0.05) is 6.08 Å². The normalized spacial score (nSPS) is 12.2. The predicted molar refractivity (Wildman–Crippen MR) is 109 cm³/mol. The van der Waals surface area contributed by atoms with E-state index in [4.69, 9.17) is 18.9 Å². The summed E-state index contributed by atoms with van der Waals surface area (Å²) in [5.41, 5.74) is 1.56. The van der Waals surface area contributed by atoms with Gasteiger partial charge in [0.05, 0.1) is 19.8 Å². The Morgan fingerprint density at radius 2 is 1.97 bits per heavy atom. The molecule has 1 amide bonds. The van der Waals surface area contributed by atoms with E-state index in [0.29, 0.717) is 33.1 Å². The molecule has 148 valence electrons. The molecule has 0 aliphatic carbocycles. The first-order chi connectivity index (χ1) is 14.2. The van der Waals surface area contributed by atoms with Gasteiger partial charge in [-0.1, -0.05) is 17.4 Å². The second-order valence-electron chi connectivity index (χ2n) is 5.91. The van der Waals surface area contributed by atoms with Crippen molar-refractivity contribution >= 4 is 28.5 Å². The van der Waals surface area contributed by atoms with Crippen LogP contribution in [0.15, 0.2) is 42.5 Å². The highest BCUT2D eigenvalue weighted by atomic mass is 32.1. The summed E-state index contributed by atoms with van der Waals surface area (Å²) >= 11 is 1.24. The zero-order valence-electron chi connectivity index (χ0n) is 15.7. The fourth-order valence-electron chi connectivity index (χ4n) is 2.70. The molecule has 0 spiro atoms. The number of carbonyl (C=O) groups is 1. The van der Waals surface area contributed by atoms with Crippen molar-refractivity contribution in [2.45, 2.75) is 0 Å². The van der Waals surface area contributed by atoms with Crippen LogP contribution in [0, 0.1) is 0 Å². The van der Waals surface area contributed by atoms with E-state index in [1.54, 1.807) is 38.5 Å². The third-order valence-electron chi connectivity index (χ3n) is 4.12. The van der Waals surface area contributed by atoms with Gasteiger partial charge >= 0.3 is 0 Å². The van der Waals surface area contributed by atoms with Crippen molar-refractivity contribution in [1.82, 2.24) is 10.2 Å². The van der Waals surface area contributed by atoms with Crippen LogP contribution in [0.3, 0.4) is 0 Å². The van der Waals surface area contributed by atoms with Gasteiger partial charge in [-0.25, -0.2) is 0 Å². The minimum atomic E-state index is -0.317. The molecule has 0 radical (unpaired) electrons. The smallest absolute Gasteiger partial charge is 0.250 e. The first kappa shape index (κ1) is 18.8. The van der Waals surface area contributed by atoms with E-state index in [1.807, 2.05) is 18.2 Å². The number of aromatic nitrogens is 2. The van der Waals surface area contributed by atoms with Crippen LogP contribution in [0.5, 0.6) is 23.0 Å². The van der Waals surface area contributed by atoms with Crippen molar-refractivity contribution in [2.75, 3.05) is 26.3 Å². The number of ether oxygens (including phenoxy) is 4. The van der Waals surface area contributed by atoms with Crippen LogP contribution in [0.4, 0.5) is 5.13 Å². The lowest BCUT2D eigenvalue weighted by molar-refractivity contribution is -0.111. The molecule has 29 heavy (non-hydrogen) atoms. The molecule has 1 aliphatic heterocycles. The quantitative estimate of drug-likeness (QED) is 0.620. The molecule has 0 saturated heterocycles. The summed E-state index contributed by atoms with van der Waals surface area (Å²) in [4.78, 5) is 12.2. The second kappa shape index (κ2) is 8.19. The number of nitrogens with zero attached hydrogens (tertiary/aromatic N) is 2. The number of hydrogen-bond acceptors (Lipinski definition) is 8. The molecular formula is C20H17N3O5S. The highest BCUT2D eigenvalue weighted by Gasteiger charge is 2.15. The molecule has 0 bridgehead atoms. The Hall–Kier alpha value is -3.59. The van der Waals surface area contributed by atoms with Crippen molar-refractivity contribution in [3.8, 4) is 33.6 Å². The van der Waals surface area contributed by atoms with E-state index in [2.05, 4.69) is 15.5 Å². The second-order valence-corrected chi connectivity index (χ2v) is 6.89. The largest absolute Gasteiger partial charge is 0.497 e. The third-order valence-corrected chi connectivity index (χ3v) is 4.99. The predicted octanol–water partition coefficient (Wildman–Crippen LogP) is 3.60. The SMILES string of the molecule is COc1ccc(OC)c(-c2nnc(NC(=O)/C=C\c3ccc4c(c3)OCO4)s2)c1. The topological polar surface area (TPSA) is 91.8 Å². The van der Waals surface area contributed by atoms with Gasteiger partial charge < -0.3 is 18.9 Å². The highest BCUT2D eigenvalue weighted by molar-refractivity contribution is 7.18. The molecule has 1 N–H and O–H groups in total. The van der Waals surface area contributed by atoms with Gasteiger partial charge in [0.1, 0.15) is 11.5 Å². The summed E-state index contributed by atoms with van der Waals surface area (Å²) < 4.78 is 21.2. The van der Waals surface area contributed by atoms with Gasteiger partial charge in [-0.05, 0) is 42.0 Å². The Morgan fingerprint density at radius 1 is 1.10 bits per heavy atom. The van der Waals surface area contributed by atoms with Crippen LogP contribution in [0.1, 0.15) is 5.56 Å². The lowest BCUT2D eigenvalue weighted by Gasteiger charge is -2.07. The molecule has 2 aromatic carbocycles. The van der Waals surface area contributed by atoms with Crippen molar-refractivity contribution < 1.29 is 23.7 Å². The van der Waals surface area contributed by atoms with Gasteiger partial charge in [0.25, 0.3) is 0 Å². The van der Waals surface area contributed by atoms with Crippen molar-refractivity contribution in [3.63, 3.8) is 0 Å². The molecular weight excluding hydrogens is 394 g/mol. The minimum absolute atomic E-state index is 0.209. The first-order valence-electron chi connectivity index (χ1n) is 8.61. The Bertz CT molecular complexity index is 1080. The number of carbonyl (C=O) groups excluding carboxylic acids is 1. The van der Waals surface area contributed by atoms with Crippen LogP contribution in [0.2, 0.25) is 0 Å². The number of fused-ring (bicyclic) bond motifs is 1. The van der Waals surface area contributed by atoms with Crippen LogP contribution < -0.4 is 24.3 Å². The number of benzene rings is 2. The number of amides is 1. The van der Waals surface area contributed by atoms with Gasteiger partial charge in [-0.3, -0.25) is 10.1 Å². The summed E-state index contributed by atoms with van der Waals surface area (Å²) in [6, 6.07) is 10.9. The summed E-state index contributed by atoms with van der Waals surface area (Å²) in [6.45, 7) is 0.209. The fraction of sp³-hybridized carbons (Fsp3) is 0.150. The maximum absolute atomic E-state index is 12.2. The van der Waals surface area contributed by atoms with E-state index in [1.165, 1.54) is 17.4 Å². The standard InChI is InChI=1S/C20H17N3O5S/c1-25-13-5-7-15(26-2)14(10-13)19-22-23-20(29-19)21-18(24)8-4-12-3-6-16-17(9-12)28-11-27-16/h3-10H,11H2,1-2H3,(H,21,23,24)/b8-4-. The number of rotatable bonds is 6. The zero-order chi connectivity index (χ0) is 20.2. The molecule has 0 unspecified atom stereocenters. The van der Waals surface area contributed by atoms with E-state index < -0.39 is 0 Å². The van der Waals surface area contributed by atoms with Crippen LogP contribution in [-0.4, -0.2) is 37.1 Å². The molecule has 1 aliphatic rings. The summed E-state index contributed by atoms with van der Waals surface area (Å²) in [5, 5.41) is 11.9. The van der Waals surface area contributed by atoms with Crippen LogP contribution in [-0.2, 0) is 4.79 Å². The minimum Gasteiger partial charge on any atom is -0.497 e. The van der Waals surface area contributed by atoms with E-state index in [9.17, 15) is 4.79 Å². The maximum Gasteiger partial charge on any atom is 0.250 e. The Morgan fingerprint density at radius 3 is 2.79 bits per heavy atom. The van der Waals surface area contributed by atoms with Gasteiger partial charge in [-0.2, -0.15) is 0 Å². The molecule has 0 fully saturated rings. The summed E-state index contributed by atoms with van der Waals surface area (Å²) in [7, 11) is 3.17. The number of methoxy groups -OCH3 is 2. The zero-order valence-corrected chi connectivity index (χ0v) is 16.5. The van der Waals surface area contributed by atoms with E-state index >= 15 is 0 Å². The molecule has 1 aromatic heterocycles. The van der Waals surface area contributed by atoms with Crippen molar-refractivity contribution in [2.24, 2.45) is 0 Å². The van der Waals surface area contributed by atoms with Gasteiger partial charge in [0.15, 0.2) is 16.5 Å². The molecule has 2 heterocycles. The lowest BCUT2D eigenvalue weighted by Crippen LogP contribution is -2.07. The molecule has 9 heteroatoms. The van der Waals surface area contributed by atoms with E-state index in [-0.39, 0.29) is 12.7 Å². The molecule has 0 saturated carbocycles. The maximum atomic E-state index is 12.2. The lowest BCUT2D eigenvalue weighted by atomic mass is 10.2. The number of hydrogen-bond donors (Lipinski definition) is 1. The fourth-order valence-corrected chi connectivity index (χ4v) is 3.47. The van der Waals surface area contributed by atoms with Gasteiger partial charge in [0.2, 0.25) is 17.8 Å². The average molecular weight is 411 g/mol. The molecule has 3 aromatic rings. The number of nitrogens with one attached hydrogen (secondary N) is 1. The highest BCUT2D eigenvalue weighted by Crippen LogP contribution is 2.36. The van der Waals surface area contributed by atoms with Crippen molar-refractivity contribution in [3.05, 3.63) is 48.0 Å². The monoisotopic (exact) mass is 411 g/mol. The van der Waals surface area contributed by atoms with E-state index in [0.717, 1.165) is 11.1 Å². The van der Waals surface area contributed by atoms with Crippen molar-refractivity contribution in [1.29, 1.82) is 0 Å². The van der Waals surface area contributed by atoms with Crippen LogP contribution >= 0.6 is 11.3 Å². The Balaban J connectivity index is 1.46. The van der Waals surface area contributed by atoms with Crippen LogP contribution in [0.25, 0.3) is 16.6 Å². The summed E-state index contributed by atoms with van der Waals surface area (Å²) in [6.07, 6.45) is 3.11. The first-order valence-corrected chi connectivity index (χ1v) is 9.42. The average Bonchev–Trinajstić information content (AvgIpc) is 3.40. The third kappa shape index (κ3) is 4.14. The molecule has 4 rings (SSSR count). The molecule has 8 nitrogen and oxygen atoms in total. The number of anilines is 1. The Labute approximate surface area is 170 Å².